The molecule has 7 nitrogen and oxygen atoms in total. The normalized spacial score (nSPS) is 15.8. The molecule has 7 heteroatoms. The van der Waals surface area contributed by atoms with E-state index in [1.165, 1.54) is 0 Å². The van der Waals surface area contributed by atoms with E-state index in [0.717, 1.165) is 5.56 Å². The summed E-state index contributed by atoms with van der Waals surface area (Å²) >= 11 is 0. The Bertz CT molecular complexity index is 1010. The van der Waals surface area contributed by atoms with Gasteiger partial charge in [-0.25, -0.2) is 4.79 Å². The van der Waals surface area contributed by atoms with Crippen molar-refractivity contribution in [3.8, 4) is 23.0 Å². The third-order valence-corrected chi connectivity index (χ3v) is 4.11. The van der Waals surface area contributed by atoms with Crippen LogP contribution in [0.5, 0.6) is 23.0 Å². The van der Waals surface area contributed by atoms with Crippen molar-refractivity contribution in [1.29, 1.82) is 0 Å². The lowest BCUT2D eigenvalue weighted by Crippen LogP contribution is -2.27. The molecule has 0 bridgehead atoms. The SMILES string of the molecule is CC(C)(C)OC(=O)COc1ccc2c(c1)O/C(=C\c1ccc3c(c1)OCO3)C2=O. The van der Waals surface area contributed by atoms with Crippen molar-refractivity contribution in [3.63, 3.8) is 0 Å². The average Bonchev–Trinajstić information content (AvgIpc) is 3.23. The first-order valence-corrected chi connectivity index (χ1v) is 9.11. The highest BCUT2D eigenvalue weighted by atomic mass is 16.7. The second kappa shape index (κ2) is 7.16. The van der Waals surface area contributed by atoms with Crippen molar-refractivity contribution in [2.75, 3.05) is 13.4 Å². The number of esters is 1. The zero-order chi connectivity index (χ0) is 20.6. The predicted octanol–water partition coefficient (Wildman–Crippen LogP) is 3.75. The third kappa shape index (κ3) is 4.18. The van der Waals surface area contributed by atoms with E-state index in [1.54, 1.807) is 57.2 Å². The number of hydrogen-bond acceptors (Lipinski definition) is 7. The number of Topliss-reactive ketones (excluding diaryl/α,β-unsaturated/α-hetero) is 1. The number of ether oxygens (including phenoxy) is 5. The molecule has 2 aromatic carbocycles. The lowest BCUT2D eigenvalue weighted by atomic mass is 10.1. The molecule has 0 spiro atoms. The Kier molecular flexibility index (Phi) is 4.66. The highest BCUT2D eigenvalue weighted by molar-refractivity contribution is 6.14. The fourth-order valence-corrected chi connectivity index (χ4v) is 2.92. The maximum absolute atomic E-state index is 12.6. The molecule has 0 unspecified atom stereocenters. The first-order chi connectivity index (χ1) is 13.8. The summed E-state index contributed by atoms with van der Waals surface area (Å²) in [6, 6.07) is 10.2. The van der Waals surface area contributed by atoms with Gasteiger partial charge in [-0.15, -0.1) is 0 Å². The van der Waals surface area contributed by atoms with Crippen LogP contribution in [-0.2, 0) is 9.53 Å². The molecule has 0 atom stereocenters. The lowest BCUT2D eigenvalue weighted by Gasteiger charge is -2.19. The van der Waals surface area contributed by atoms with E-state index in [4.69, 9.17) is 23.7 Å². The van der Waals surface area contributed by atoms with Gasteiger partial charge in [0.2, 0.25) is 12.6 Å². The molecular formula is C22H20O7. The molecule has 0 N–H and O–H groups in total. The van der Waals surface area contributed by atoms with Crippen LogP contribution in [0.4, 0.5) is 0 Å². The van der Waals surface area contributed by atoms with Crippen molar-refractivity contribution in [2.24, 2.45) is 0 Å². The number of allylic oxidation sites excluding steroid dienone is 1. The minimum absolute atomic E-state index is 0.183. The smallest absolute Gasteiger partial charge is 0.344 e. The second-order valence-corrected chi connectivity index (χ2v) is 7.59. The van der Waals surface area contributed by atoms with Crippen LogP contribution in [0.3, 0.4) is 0 Å². The maximum Gasteiger partial charge on any atom is 0.344 e. The van der Waals surface area contributed by atoms with E-state index in [2.05, 4.69) is 0 Å². The first kappa shape index (κ1) is 18.9. The molecule has 0 fully saturated rings. The van der Waals surface area contributed by atoms with Crippen LogP contribution in [0.2, 0.25) is 0 Å². The maximum atomic E-state index is 12.6. The van der Waals surface area contributed by atoms with Gasteiger partial charge in [-0.05, 0) is 56.7 Å². The Hall–Kier alpha value is -3.48. The highest BCUT2D eigenvalue weighted by Gasteiger charge is 2.28. The van der Waals surface area contributed by atoms with Crippen molar-refractivity contribution in [3.05, 3.63) is 53.3 Å². The fourth-order valence-electron chi connectivity index (χ4n) is 2.92. The molecule has 4 rings (SSSR count). The number of benzene rings is 2. The molecular weight excluding hydrogens is 376 g/mol. The second-order valence-electron chi connectivity index (χ2n) is 7.59. The van der Waals surface area contributed by atoms with E-state index < -0.39 is 11.6 Å². The summed E-state index contributed by atoms with van der Waals surface area (Å²) in [5.74, 6) is 1.58. The van der Waals surface area contributed by atoms with E-state index in [1.807, 2.05) is 6.07 Å². The first-order valence-electron chi connectivity index (χ1n) is 9.11. The van der Waals surface area contributed by atoms with Crippen molar-refractivity contribution in [2.45, 2.75) is 26.4 Å². The molecule has 2 heterocycles. The third-order valence-electron chi connectivity index (χ3n) is 4.11. The summed E-state index contributed by atoms with van der Waals surface area (Å²) < 4.78 is 27.0. The highest BCUT2D eigenvalue weighted by Crippen LogP contribution is 2.37. The summed E-state index contributed by atoms with van der Waals surface area (Å²) in [7, 11) is 0. The van der Waals surface area contributed by atoms with Gasteiger partial charge in [-0.1, -0.05) is 6.07 Å². The zero-order valence-corrected chi connectivity index (χ0v) is 16.3. The van der Waals surface area contributed by atoms with E-state index in [9.17, 15) is 9.59 Å². The van der Waals surface area contributed by atoms with Gasteiger partial charge >= 0.3 is 5.97 Å². The van der Waals surface area contributed by atoms with Gasteiger partial charge in [-0.2, -0.15) is 0 Å². The molecule has 0 amide bonds. The van der Waals surface area contributed by atoms with Gasteiger partial charge in [0.1, 0.15) is 17.1 Å². The Morgan fingerprint density at radius 2 is 1.86 bits per heavy atom. The minimum atomic E-state index is -0.581. The van der Waals surface area contributed by atoms with Crippen molar-refractivity contribution < 1.29 is 33.3 Å². The Morgan fingerprint density at radius 3 is 2.66 bits per heavy atom. The Morgan fingerprint density at radius 1 is 1.07 bits per heavy atom. The van der Waals surface area contributed by atoms with Gasteiger partial charge in [0.25, 0.3) is 0 Å². The van der Waals surface area contributed by atoms with Crippen LogP contribution in [0.25, 0.3) is 6.08 Å². The molecule has 29 heavy (non-hydrogen) atoms. The van der Waals surface area contributed by atoms with Crippen LogP contribution in [0, 0.1) is 0 Å². The van der Waals surface area contributed by atoms with E-state index >= 15 is 0 Å². The molecule has 0 saturated heterocycles. The van der Waals surface area contributed by atoms with Crippen LogP contribution >= 0.6 is 0 Å². The summed E-state index contributed by atoms with van der Waals surface area (Å²) in [5, 5.41) is 0. The van der Waals surface area contributed by atoms with Crippen molar-refractivity contribution in [1.82, 2.24) is 0 Å². The number of fused-ring (bicyclic) bond motifs is 2. The minimum Gasteiger partial charge on any atom is -0.482 e. The molecule has 0 radical (unpaired) electrons. The van der Waals surface area contributed by atoms with Crippen LogP contribution in [-0.4, -0.2) is 30.8 Å². The summed E-state index contributed by atoms with van der Waals surface area (Å²) in [4.78, 5) is 24.4. The van der Waals surface area contributed by atoms with E-state index in [0.29, 0.717) is 28.6 Å². The largest absolute Gasteiger partial charge is 0.482 e. The standard InChI is InChI=1S/C22H20O7/c1-22(2,3)29-20(23)11-25-14-5-6-15-17(10-14)28-19(21(15)24)9-13-4-7-16-18(8-13)27-12-26-16/h4-10H,11-12H2,1-3H3/b19-9-. The molecule has 150 valence electrons. The van der Waals surface area contributed by atoms with Gasteiger partial charge in [-0.3, -0.25) is 4.79 Å². The Labute approximate surface area is 167 Å². The summed E-state index contributed by atoms with van der Waals surface area (Å²) in [5.41, 5.74) is 0.607. The molecule has 0 aromatic heterocycles. The lowest BCUT2D eigenvalue weighted by molar-refractivity contribution is -0.157. The quantitative estimate of drug-likeness (QED) is 0.575. The molecule has 2 aliphatic rings. The van der Waals surface area contributed by atoms with Crippen LogP contribution in [0.1, 0.15) is 36.7 Å². The molecule has 0 saturated carbocycles. The Balaban J connectivity index is 1.46. The van der Waals surface area contributed by atoms with Gasteiger partial charge in [0.05, 0.1) is 5.56 Å². The van der Waals surface area contributed by atoms with E-state index in [-0.39, 0.29) is 24.9 Å². The summed E-state index contributed by atoms with van der Waals surface area (Å²) in [6.07, 6.45) is 1.64. The van der Waals surface area contributed by atoms with Crippen LogP contribution in [0.15, 0.2) is 42.2 Å². The molecule has 2 aliphatic heterocycles. The predicted molar refractivity (Wildman–Crippen MR) is 103 cm³/mol. The number of rotatable bonds is 4. The molecule has 0 aliphatic carbocycles. The average molecular weight is 396 g/mol. The van der Waals surface area contributed by atoms with Crippen LogP contribution < -0.4 is 18.9 Å². The molecule has 2 aromatic rings. The number of carbonyl (C=O) groups is 2. The number of hydrogen-bond donors (Lipinski definition) is 0. The zero-order valence-electron chi connectivity index (χ0n) is 16.3. The van der Waals surface area contributed by atoms with Gasteiger partial charge < -0.3 is 23.7 Å². The van der Waals surface area contributed by atoms with Crippen molar-refractivity contribution >= 4 is 17.8 Å². The number of carbonyl (C=O) groups excluding carboxylic acids is 2. The monoisotopic (exact) mass is 396 g/mol. The van der Waals surface area contributed by atoms with Gasteiger partial charge in [0, 0.05) is 6.07 Å². The van der Waals surface area contributed by atoms with Gasteiger partial charge in [0.15, 0.2) is 23.9 Å². The number of ketones is 1. The topological polar surface area (TPSA) is 80.3 Å². The summed E-state index contributed by atoms with van der Waals surface area (Å²) in [6.45, 7) is 5.31. The fraction of sp³-hybridized carbons (Fsp3) is 0.273.